The first-order chi connectivity index (χ1) is 13.8. The fraction of sp³-hybridized carbons (Fsp3) is 0.400. The van der Waals surface area contributed by atoms with Crippen LogP contribution in [0.4, 0.5) is 24.5 Å². The number of anilines is 2. The highest BCUT2D eigenvalue weighted by atomic mass is 19.4. The van der Waals surface area contributed by atoms with E-state index in [9.17, 15) is 33.6 Å². The Kier molecular flexibility index (Phi) is 5.63. The SMILES string of the molecule is CC(C)c1ccc(N2C(O)(O)CN(c3ccc(OC(F)(F)F)cc3)CC2(O)O)cc1. The minimum absolute atomic E-state index is 0.183. The summed E-state index contributed by atoms with van der Waals surface area (Å²) < 4.78 is 40.7. The minimum atomic E-state index is -4.84. The van der Waals surface area contributed by atoms with E-state index in [1.165, 1.54) is 17.0 Å². The van der Waals surface area contributed by atoms with Crippen LogP contribution < -0.4 is 14.5 Å². The third kappa shape index (κ3) is 4.78. The normalized spacial score (nSPS) is 18.6. The van der Waals surface area contributed by atoms with Gasteiger partial charge in [0.15, 0.2) is 0 Å². The van der Waals surface area contributed by atoms with Crippen molar-refractivity contribution < 1.29 is 38.3 Å². The van der Waals surface area contributed by atoms with Crippen molar-refractivity contribution >= 4 is 11.4 Å². The Morgan fingerprint density at radius 2 is 1.30 bits per heavy atom. The van der Waals surface area contributed by atoms with Crippen LogP contribution in [0, 0.1) is 0 Å². The van der Waals surface area contributed by atoms with Gasteiger partial charge in [-0.3, -0.25) is 4.90 Å². The minimum Gasteiger partial charge on any atom is -0.406 e. The van der Waals surface area contributed by atoms with Crippen molar-refractivity contribution in [3.8, 4) is 5.75 Å². The number of ether oxygens (including phenoxy) is 1. The van der Waals surface area contributed by atoms with Crippen molar-refractivity contribution in [2.24, 2.45) is 0 Å². The molecule has 1 fully saturated rings. The molecule has 164 valence electrons. The molecular weight excluding hydrogens is 405 g/mol. The second-order valence-electron chi connectivity index (χ2n) is 7.53. The number of β-amino-alcohol motifs (C(OH)–C–C–N with tert-alkyl or cyclic N) is 4. The maximum atomic E-state index is 12.3. The van der Waals surface area contributed by atoms with E-state index >= 15 is 0 Å². The summed E-state index contributed by atoms with van der Waals surface area (Å²) in [5.74, 6) is -5.57. The quantitative estimate of drug-likeness (QED) is 0.555. The van der Waals surface area contributed by atoms with Crippen LogP contribution in [0.25, 0.3) is 0 Å². The zero-order chi connectivity index (χ0) is 22.3. The second-order valence-corrected chi connectivity index (χ2v) is 7.53. The first kappa shape index (κ1) is 22.2. The average Bonchev–Trinajstić information content (AvgIpc) is 2.59. The Labute approximate surface area is 171 Å². The molecule has 0 aromatic heterocycles. The lowest BCUT2D eigenvalue weighted by molar-refractivity contribution is -0.274. The summed E-state index contributed by atoms with van der Waals surface area (Å²) in [6.07, 6.45) is -4.84. The van der Waals surface area contributed by atoms with Gasteiger partial charge in [-0.05, 0) is 47.9 Å². The van der Waals surface area contributed by atoms with Gasteiger partial charge in [-0.1, -0.05) is 26.0 Å². The summed E-state index contributed by atoms with van der Waals surface area (Å²) in [6.45, 7) is 3.07. The summed E-state index contributed by atoms with van der Waals surface area (Å²) in [4.78, 5) is 1.91. The van der Waals surface area contributed by atoms with Crippen LogP contribution in [-0.4, -0.2) is 51.7 Å². The Bertz CT molecular complexity index is 850. The number of benzene rings is 2. The molecule has 7 nitrogen and oxygen atoms in total. The number of aliphatic hydroxyl groups is 4. The van der Waals surface area contributed by atoms with Gasteiger partial charge in [-0.25, -0.2) is 0 Å². The molecule has 4 N–H and O–H groups in total. The number of hydrogen-bond donors (Lipinski definition) is 4. The van der Waals surface area contributed by atoms with Crippen LogP contribution in [0.3, 0.4) is 0 Å². The van der Waals surface area contributed by atoms with Crippen LogP contribution in [0.15, 0.2) is 48.5 Å². The third-order valence-electron chi connectivity index (χ3n) is 4.78. The molecule has 0 unspecified atom stereocenters. The fourth-order valence-electron chi connectivity index (χ4n) is 3.46. The Morgan fingerprint density at radius 1 is 0.833 bits per heavy atom. The monoisotopic (exact) mass is 428 g/mol. The molecule has 1 heterocycles. The highest BCUT2D eigenvalue weighted by Crippen LogP contribution is 2.36. The smallest absolute Gasteiger partial charge is 0.406 e. The molecular formula is C20H23F3N2O5. The summed E-state index contributed by atoms with van der Waals surface area (Å²) in [5, 5.41) is 42.3. The van der Waals surface area contributed by atoms with Crippen molar-refractivity contribution in [2.75, 3.05) is 22.9 Å². The molecule has 2 aromatic rings. The van der Waals surface area contributed by atoms with E-state index < -0.39 is 37.0 Å². The van der Waals surface area contributed by atoms with Crippen LogP contribution >= 0.6 is 0 Å². The molecule has 0 atom stereocenters. The maximum absolute atomic E-state index is 12.3. The van der Waals surface area contributed by atoms with Gasteiger partial charge in [0.1, 0.15) is 5.75 Å². The number of nitrogens with zero attached hydrogens (tertiary/aromatic N) is 2. The molecule has 0 spiro atoms. The second kappa shape index (κ2) is 7.62. The largest absolute Gasteiger partial charge is 0.573 e. The standard InChI is InChI=1S/C20H23F3N2O5/c1-13(2)14-3-5-16(6-4-14)25-18(26,27)11-24(12-19(25,28)29)15-7-9-17(10-8-15)30-20(21,22)23/h3-10,13,26-29H,11-12H2,1-2H3. The van der Waals surface area contributed by atoms with Crippen molar-refractivity contribution in [2.45, 2.75) is 37.9 Å². The molecule has 1 saturated heterocycles. The molecule has 1 aliphatic rings. The fourth-order valence-corrected chi connectivity index (χ4v) is 3.46. The van der Waals surface area contributed by atoms with Crippen LogP contribution in [0.5, 0.6) is 5.75 Å². The van der Waals surface area contributed by atoms with Crippen LogP contribution in [0.1, 0.15) is 25.3 Å². The van der Waals surface area contributed by atoms with Gasteiger partial charge in [0.05, 0.1) is 13.1 Å². The molecule has 10 heteroatoms. The highest BCUT2D eigenvalue weighted by Gasteiger charge is 2.52. The van der Waals surface area contributed by atoms with Gasteiger partial charge < -0.3 is 30.1 Å². The lowest BCUT2D eigenvalue weighted by Crippen LogP contribution is -2.73. The molecule has 0 bridgehead atoms. The van der Waals surface area contributed by atoms with Crippen molar-refractivity contribution in [1.29, 1.82) is 0 Å². The predicted molar refractivity (Wildman–Crippen MR) is 103 cm³/mol. The Balaban J connectivity index is 1.84. The number of alkyl halides is 3. The molecule has 3 rings (SSSR count). The molecule has 1 aliphatic heterocycles. The van der Waals surface area contributed by atoms with Crippen molar-refractivity contribution in [3.05, 3.63) is 54.1 Å². The van der Waals surface area contributed by atoms with Crippen molar-refractivity contribution in [3.63, 3.8) is 0 Å². The van der Waals surface area contributed by atoms with Gasteiger partial charge in [0, 0.05) is 11.4 Å². The third-order valence-corrected chi connectivity index (χ3v) is 4.78. The first-order valence-electron chi connectivity index (χ1n) is 9.19. The summed E-state index contributed by atoms with van der Waals surface area (Å²) >= 11 is 0. The van der Waals surface area contributed by atoms with Gasteiger partial charge in [0.25, 0.3) is 11.8 Å². The molecule has 30 heavy (non-hydrogen) atoms. The summed E-state index contributed by atoms with van der Waals surface area (Å²) in [7, 11) is 0. The highest BCUT2D eigenvalue weighted by molar-refractivity contribution is 5.56. The number of piperazine rings is 1. The molecule has 0 amide bonds. The van der Waals surface area contributed by atoms with Gasteiger partial charge in [-0.15, -0.1) is 13.2 Å². The molecule has 2 aromatic carbocycles. The predicted octanol–water partition coefficient (Wildman–Crippen LogP) is 2.31. The Hall–Kier alpha value is -2.53. The summed E-state index contributed by atoms with van der Waals surface area (Å²) in [6, 6.07) is 11.2. The topological polar surface area (TPSA) is 96.6 Å². The van der Waals surface area contributed by atoms with E-state index in [4.69, 9.17) is 0 Å². The van der Waals surface area contributed by atoms with Gasteiger partial charge in [0.2, 0.25) is 0 Å². The Morgan fingerprint density at radius 3 is 1.73 bits per heavy atom. The first-order valence-corrected chi connectivity index (χ1v) is 9.19. The van der Waals surface area contributed by atoms with E-state index in [-0.39, 0.29) is 17.3 Å². The average molecular weight is 428 g/mol. The van der Waals surface area contributed by atoms with E-state index in [0.29, 0.717) is 4.90 Å². The molecule has 0 saturated carbocycles. The van der Waals surface area contributed by atoms with Gasteiger partial charge in [-0.2, -0.15) is 0 Å². The van der Waals surface area contributed by atoms with E-state index in [1.807, 2.05) is 13.8 Å². The van der Waals surface area contributed by atoms with Crippen LogP contribution in [-0.2, 0) is 0 Å². The van der Waals surface area contributed by atoms with Gasteiger partial charge >= 0.3 is 6.36 Å². The zero-order valence-corrected chi connectivity index (χ0v) is 16.3. The van der Waals surface area contributed by atoms with E-state index in [2.05, 4.69) is 4.74 Å². The summed E-state index contributed by atoms with van der Waals surface area (Å²) in [5.41, 5.74) is 1.42. The van der Waals surface area contributed by atoms with Crippen LogP contribution in [0.2, 0.25) is 0 Å². The number of hydrogen-bond acceptors (Lipinski definition) is 7. The maximum Gasteiger partial charge on any atom is 0.573 e. The lowest BCUT2D eigenvalue weighted by Gasteiger charge is -2.52. The molecule has 0 aliphatic carbocycles. The number of halogens is 3. The van der Waals surface area contributed by atoms with Crippen molar-refractivity contribution in [1.82, 2.24) is 0 Å². The zero-order valence-electron chi connectivity index (χ0n) is 16.3. The van der Waals surface area contributed by atoms with E-state index in [0.717, 1.165) is 17.7 Å². The lowest BCUT2D eigenvalue weighted by atomic mass is 10.0. The van der Waals surface area contributed by atoms with E-state index in [1.54, 1.807) is 24.3 Å². The molecule has 0 radical (unpaired) electrons. The number of rotatable bonds is 4.